The maximum atomic E-state index is 12.9. The Morgan fingerprint density at radius 1 is 0.370 bits per heavy atom. The number of carboxylic acid groups (broad SMARTS) is 1. The summed E-state index contributed by atoms with van der Waals surface area (Å²) in [6.07, 6.45) is 84.1. The zero-order valence-electron chi connectivity index (χ0n) is 52.6. The van der Waals surface area contributed by atoms with Gasteiger partial charge in [-0.3, -0.25) is 9.59 Å². The van der Waals surface area contributed by atoms with Gasteiger partial charge in [0.25, 0.3) is 0 Å². The number of hydrogen-bond acceptors (Lipinski definition) is 8. The number of rotatable bonds is 59. The standard InChI is InChI=1S/C72H121NO8/c1-6-8-10-12-14-16-18-20-22-24-26-27-28-29-30-31-32-33-34-35-36-37-38-39-40-41-42-43-45-47-49-51-53-55-57-59-61-63-70(75)81-68(67-80-72(71(76)77)78-65-64-73(3,4)5)66-79-69(74)62-60-58-56-54-52-50-48-46-44-25-23-21-19-17-15-13-11-9-7-2/h8-11,14-17,20-23,26-27,29-30,32-33,44,46,68,72H,6-7,12-13,18-19,24-25,28,31,34-43,45,47-67H2,1-5H3/b10-8-,11-9-,16-14-,17-15-,22-20-,23-21-,27-26-,30-29-,33-32-,46-44-. The molecule has 0 aliphatic rings. The van der Waals surface area contributed by atoms with Crippen LogP contribution in [0.1, 0.15) is 258 Å². The van der Waals surface area contributed by atoms with E-state index in [0.717, 1.165) is 128 Å². The third-order valence-electron chi connectivity index (χ3n) is 13.7. The number of carboxylic acids is 1. The van der Waals surface area contributed by atoms with E-state index in [-0.39, 0.29) is 38.6 Å². The van der Waals surface area contributed by atoms with E-state index in [4.69, 9.17) is 18.9 Å². The summed E-state index contributed by atoms with van der Waals surface area (Å²) >= 11 is 0. The van der Waals surface area contributed by atoms with Crippen LogP contribution in [0.4, 0.5) is 0 Å². The minimum atomic E-state index is -1.63. The highest BCUT2D eigenvalue weighted by Crippen LogP contribution is 2.16. The lowest BCUT2D eigenvalue weighted by Crippen LogP contribution is -2.44. The molecule has 0 N–H and O–H groups in total. The highest BCUT2D eigenvalue weighted by molar-refractivity contribution is 5.70. The number of carbonyl (C=O) groups excluding carboxylic acids is 3. The second-order valence-electron chi connectivity index (χ2n) is 22.6. The number of nitrogens with zero attached hydrogens (tertiary/aromatic N) is 1. The molecular weight excluding hydrogens is 1010 g/mol. The summed E-state index contributed by atoms with van der Waals surface area (Å²) in [4.78, 5) is 37.4. The first-order valence-corrected chi connectivity index (χ1v) is 32.7. The summed E-state index contributed by atoms with van der Waals surface area (Å²) in [7, 11) is 5.92. The van der Waals surface area contributed by atoms with Crippen LogP contribution in [0.25, 0.3) is 0 Å². The van der Waals surface area contributed by atoms with Crippen molar-refractivity contribution in [1.82, 2.24) is 0 Å². The number of carbonyl (C=O) groups is 3. The molecule has 0 heterocycles. The van der Waals surface area contributed by atoms with E-state index in [2.05, 4.69) is 135 Å². The van der Waals surface area contributed by atoms with E-state index < -0.39 is 24.3 Å². The number of esters is 2. The smallest absolute Gasteiger partial charge is 0.306 e. The number of likely N-dealkylation sites (N-methyl/N-ethyl adjacent to an activating group) is 1. The molecule has 0 aromatic heterocycles. The molecule has 2 atom stereocenters. The van der Waals surface area contributed by atoms with E-state index >= 15 is 0 Å². The fraction of sp³-hybridized carbons (Fsp3) is 0.681. The second kappa shape index (κ2) is 61.8. The molecule has 0 aromatic rings. The molecule has 0 radical (unpaired) electrons. The average molecular weight is 1130 g/mol. The molecule has 81 heavy (non-hydrogen) atoms. The molecule has 0 rings (SSSR count). The summed E-state index contributed by atoms with van der Waals surface area (Å²) in [5, 5.41) is 11.8. The molecule has 0 saturated heterocycles. The predicted molar refractivity (Wildman–Crippen MR) is 343 cm³/mol. The molecule has 0 amide bonds. The lowest BCUT2D eigenvalue weighted by atomic mass is 10.0. The average Bonchev–Trinajstić information content (AvgIpc) is 3.44. The molecular formula is C72H121NO8. The van der Waals surface area contributed by atoms with Crippen molar-refractivity contribution in [3.63, 3.8) is 0 Å². The van der Waals surface area contributed by atoms with Crippen molar-refractivity contribution in [2.45, 2.75) is 270 Å². The number of allylic oxidation sites excluding steroid dienone is 20. The summed E-state index contributed by atoms with van der Waals surface area (Å²) in [5.74, 6) is -2.30. The lowest BCUT2D eigenvalue weighted by Gasteiger charge is -2.26. The molecule has 9 nitrogen and oxygen atoms in total. The van der Waals surface area contributed by atoms with Gasteiger partial charge in [-0.2, -0.15) is 0 Å². The molecule has 0 aliphatic heterocycles. The van der Waals surface area contributed by atoms with Gasteiger partial charge in [0.05, 0.1) is 40.3 Å². The highest BCUT2D eigenvalue weighted by Gasteiger charge is 2.22. The van der Waals surface area contributed by atoms with E-state index in [1.165, 1.54) is 96.3 Å². The second-order valence-corrected chi connectivity index (χ2v) is 22.6. The maximum Gasteiger partial charge on any atom is 0.306 e. The Bertz CT molecular complexity index is 1740. The van der Waals surface area contributed by atoms with Crippen molar-refractivity contribution in [2.24, 2.45) is 0 Å². The third-order valence-corrected chi connectivity index (χ3v) is 13.7. The van der Waals surface area contributed by atoms with Crippen molar-refractivity contribution in [1.29, 1.82) is 0 Å². The normalized spacial score (nSPS) is 13.5. The van der Waals surface area contributed by atoms with Gasteiger partial charge in [-0.1, -0.05) is 264 Å². The number of aliphatic carboxylic acids is 1. The number of quaternary nitrogens is 1. The summed E-state index contributed by atoms with van der Waals surface area (Å²) in [5.41, 5.74) is 0. The Balaban J connectivity index is 4.10. The SMILES string of the molecule is CC/C=C\C/C=C\C/C=C\C/C=C\C/C=C\C/C=C\CCCCCCCCCCCCCCCCCCCCC(=O)OC(COC(=O)CCCCCCCC/C=C\C/C=C\C/C=C\C/C=C\CC)COC(OCC[N+](C)(C)C)C(=O)[O-]. The minimum absolute atomic E-state index is 0.141. The van der Waals surface area contributed by atoms with Crippen LogP contribution in [0.15, 0.2) is 122 Å². The highest BCUT2D eigenvalue weighted by atomic mass is 16.7. The summed E-state index contributed by atoms with van der Waals surface area (Å²) in [6.45, 7) is 4.51. The van der Waals surface area contributed by atoms with Gasteiger partial charge < -0.3 is 33.3 Å². The van der Waals surface area contributed by atoms with Gasteiger partial charge >= 0.3 is 11.9 Å². The molecule has 0 saturated carbocycles. The first-order chi connectivity index (χ1) is 39.6. The Morgan fingerprint density at radius 2 is 0.667 bits per heavy atom. The van der Waals surface area contributed by atoms with E-state index in [0.29, 0.717) is 17.4 Å². The Morgan fingerprint density at radius 3 is 0.988 bits per heavy atom. The van der Waals surface area contributed by atoms with Gasteiger partial charge in [0.2, 0.25) is 0 Å². The largest absolute Gasteiger partial charge is 0.545 e. The fourth-order valence-electron chi connectivity index (χ4n) is 8.77. The summed E-state index contributed by atoms with van der Waals surface area (Å²) in [6, 6.07) is 0. The Kier molecular flexibility index (Phi) is 58.5. The van der Waals surface area contributed by atoms with Crippen LogP contribution in [0.2, 0.25) is 0 Å². The van der Waals surface area contributed by atoms with Gasteiger partial charge in [0.15, 0.2) is 12.4 Å². The molecule has 0 fully saturated rings. The number of unbranched alkanes of at least 4 members (excludes halogenated alkanes) is 24. The predicted octanol–water partition coefficient (Wildman–Crippen LogP) is 18.7. The fourth-order valence-corrected chi connectivity index (χ4v) is 8.77. The maximum absolute atomic E-state index is 12.9. The monoisotopic (exact) mass is 1130 g/mol. The first-order valence-electron chi connectivity index (χ1n) is 32.7. The first kappa shape index (κ1) is 76.7. The molecule has 0 spiro atoms. The van der Waals surface area contributed by atoms with Crippen molar-refractivity contribution in [2.75, 3.05) is 47.5 Å². The summed E-state index contributed by atoms with van der Waals surface area (Å²) < 4.78 is 22.7. The van der Waals surface area contributed by atoms with Crippen LogP contribution in [-0.4, -0.2) is 82.3 Å². The van der Waals surface area contributed by atoms with Crippen LogP contribution in [0.5, 0.6) is 0 Å². The number of hydrogen-bond donors (Lipinski definition) is 0. The molecule has 2 unspecified atom stereocenters. The van der Waals surface area contributed by atoms with Crippen molar-refractivity contribution in [3.8, 4) is 0 Å². The van der Waals surface area contributed by atoms with Gasteiger partial charge in [0.1, 0.15) is 13.2 Å². The van der Waals surface area contributed by atoms with E-state index in [1.54, 1.807) is 0 Å². The van der Waals surface area contributed by atoms with Gasteiger partial charge in [-0.05, 0) is 103 Å². The quantitative estimate of drug-likeness (QED) is 0.0195. The number of ether oxygens (including phenoxy) is 4. The van der Waals surface area contributed by atoms with Crippen LogP contribution in [-0.2, 0) is 33.3 Å². The third kappa shape index (κ3) is 63.1. The van der Waals surface area contributed by atoms with Crippen molar-refractivity contribution in [3.05, 3.63) is 122 Å². The molecule has 0 aromatic carbocycles. The van der Waals surface area contributed by atoms with E-state index in [9.17, 15) is 19.5 Å². The molecule has 462 valence electrons. The van der Waals surface area contributed by atoms with E-state index in [1.807, 2.05) is 21.1 Å². The minimum Gasteiger partial charge on any atom is -0.545 e. The van der Waals surface area contributed by atoms with Crippen molar-refractivity contribution >= 4 is 17.9 Å². The van der Waals surface area contributed by atoms with Crippen LogP contribution in [0, 0.1) is 0 Å². The zero-order valence-corrected chi connectivity index (χ0v) is 52.6. The van der Waals surface area contributed by atoms with Crippen molar-refractivity contribution < 1.29 is 42.9 Å². The Labute approximate surface area is 497 Å². The zero-order chi connectivity index (χ0) is 59.1. The Hall–Kier alpha value is -4.31. The molecule has 0 aliphatic carbocycles. The van der Waals surface area contributed by atoms with Crippen LogP contribution in [0.3, 0.4) is 0 Å². The van der Waals surface area contributed by atoms with Gasteiger partial charge in [-0.25, -0.2) is 0 Å². The molecule has 0 bridgehead atoms. The lowest BCUT2D eigenvalue weighted by molar-refractivity contribution is -0.870. The van der Waals surface area contributed by atoms with Crippen LogP contribution < -0.4 is 5.11 Å². The molecule has 9 heteroatoms. The van der Waals surface area contributed by atoms with Crippen LogP contribution >= 0.6 is 0 Å². The van der Waals surface area contributed by atoms with Gasteiger partial charge in [0, 0.05) is 12.8 Å². The van der Waals surface area contributed by atoms with Gasteiger partial charge in [-0.15, -0.1) is 0 Å². The topological polar surface area (TPSA) is 111 Å².